The van der Waals surface area contributed by atoms with Crippen LogP contribution in [0.3, 0.4) is 0 Å². The molecule has 4 heteroatoms. The Labute approximate surface area is 104 Å². The second kappa shape index (κ2) is 3.84. The number of carboxylic acid groups (broad SMARTS) is 1. The van der Waals surface area contributed by atoms with Crippen molar-refractivity contribution in [2.75, 3.05) is 0 Å². The van der Waals surface area contributed by atoms with E-state index in [-0.39, 0.29) is 6.42 Å². The van der Waals surface area contributed by atoms with Gasteiger partial charge in [-0.2, -0.15) is 0 Å². The first kappa shape index (κ1) is 10.8. The van der Waals surface area contributed by atoms with Crippen molar-refractivity contribution < 1.29 is 9.90 Å². The van der Waals surface area contributed by atoms with E-state index in [0.29, 0.717) is 5.69 Å². The van der Waals surface area contributed by atoms with E-state index >= 15 is 0 Å². The van der Waals surface area contributed by atoms with Crippen LogP contribution in [0.5, 0.6) is 0 Å². The quantitative estimate of drug-likeness (QED) is 0.748. The van der Waals surface area contributed by atoms with E-state index in [9.17, 15) is 4.79 Å². The molecule has 0 bridgehead atoms. The number of benzene rings is 1. The zero-order valence-corrected chi connectivity index (χ0v) is 9.92. The zero-order valence-electron chi connectivity index (χ0n) is 9.92. The van der Waals surface area contributed by atoms with Crippen LogP contribution in [0.1, 0.15) is 11.3 Å². The summed E-state index contributed by atoms with van der Waals surface area (Å²) < 4.78 is 1.95. The molecule has 0 amide bonds. The number of aromatic nitrogens is 2. The van der Waals surface area contributed by atoms with E-state index < -0.39 is 5.97 Å². The minimum Gasteiger partial charge on any atom is -0.481 e. The molecule has 18 heavy (non-hydrogen) atoms. The molecule has 90 valence electrons. The number of hydrogen-bond donors (Lipinski definition) is 1. The highest BCUT2D eigenvalue weighted by atomic mass is 16.4. The molecule has 0 saturated heterocycles. The lowest BCUT2D eigenvalue weighted by Crippen LogP contribution is -1.99. The number of fused-ring (bicyclic) bond motifs is 3. The topological polar surface area (TPSA) is 54.6 Å². The Hall–Kier alpha value is -2.36. The van der Waals surface area contributed by atoms with E-state index in [4.69, 9.17) is 5.11 Å². The first-order valence-electron chi connectivity index (χ1n) is 5.72. The summed E-state index contributed by atoms with van der Waals surface area (Å²) in [6.45, 7) is 2.04. The van der Waals surface area contributed by atoms with Crippen molar-refractivity contribution in [2.45, 2.75) is 13.3 Å². The molecule has 3 aromatic rings. The molecule has 1 N–H and O–H groups in total. The van der Waals surface area contributed by atoms with Crippen molar-refractivity contribution in [1.82, 2.24) is 9.38 Å². The Morgan fingerprint density at radius 3 is 2.89 bits per heavy atom. The summed E-state index contributed by atoms with van der Waals surface area (Å²) in [5.74, 6) is -0.862. The summed E-state index contributed by atoms with van der Waals surface area (Å²) >= 11 is 0. The Balaban J connectivity index is 2.28. The fourth-order valence-electron chi connectivity index (χ4n) is 2.16. The van der Waals surface area contributed by atoms with Gasteiger partial charge in [0.2, 0.25) is 0 Å². The molecule has 3 rings (SSSR count). The number of aryl methyl sites for hydroxylation is 1. The molecule has 0 aliphatic carbocycles. The second-order valence-electron chi connectivity index (χ2n) is 4.43. The number of carbonyl (C=O) groups is 1. The van der Waals surface area contributed by atoms with Crippen LogP contribution in [0, 0.1) is 6.92 Å². The third-order valence-corrected chi connectivity index (χ3v) is 2.97. The highest BCUT2D eigenvalue weighted by molar-refractivity contribution is 5.83. The van der Waals surface area contributed by atoms with Crippen molar-refractivity contribution in [1.29, 1.82) is 0 Å². The summed E-state index contributed by atoms with van der Waals surface area (Å²) in [6, 6.07) is 10.1. The van der Waals surface area contributed by atoms with E-state index in [1.807, 2.05) is 23.5 Å². The lowest BCUT2D eigenvalue weighted by atomic mass is 10.1. The van der Waals surface area contributed by atoms with Gasteiger partial charge in [-0.25, -0.2) is 4.98 Å². The second-order valence-corrected chi connectivity index (χ2v) is 4.43. The van der Waals surface area contributed by atoms with Crippen LogP contribution in [0.25, 0.3) is 16.6 Å². The highest BCUT2D eigenvalue weighted by Gasteiger charge is 2.08. The van der Waals surface area contributed by atoms with Crippen molar-refractivity contribution >= 4 is 22.5 Å². The third-order valence-electron chi connectivity index (χ3n) is 2.97. The van der Waals surface area contributed by atoms with Gasteiger partial charge in [0.1, 0.15) is 5.65 Å². The van der Waals surface area contributed by atoms with Crippen molar-refractivity contribution in [2.24, 2.45) is 0 Å². The Kier molecular flexibility index (Phi) is 2.30. The first-order chi connectivity index (χ1) is 8.63. The molecular weight excluding hydrogens is 228 g/mol. The van der Waals surface area contributed by atoms with E-state index in [1.54, 1.807) is 6.20 Å². The fraction of sp³-hybridized carbons (Fsp3) is 0.143. The van der Waals surface area contributed by atoms with Crippen LogP contribution in [0.2, 0.25) is 0 Å². The van der Waals surface area contributed by atoms with Gasteiger partial charge in [-0.1, -0.05) is 12.1 Å². The molecule has 0 aliphatic rings. The van der Waals surface area contributed by atoms with Gasteiger partial charge in [-0.15, -0.1) is 0 Å². The van der Waals surface area contributed by atoms with Gasteiger partial charge >= 0.3 is 5.97 Å². The number of carboxylic acids is 1. The van der Waals surface area contributed by atoms with E-state index in [2.05, 4.69) is 23.2 Å². The number of rotatable bonds is 2. The third kappa shape index (κ3) is 1.72. The molecule has 4 nitrogen and oxygen atoms in total. The average Bonchev–Trinajstić information content (AvgIpc) is 2.70. The molecule has 0 atom stereocenters. The van der Waals surface area contributed by atoms with Gasteiger partial charge < -0.3 is 5.11 Å². The van der Waals surface area contributed by atoms with Crippen LogP contribution in [-0.2, 0) is 11.2 Å². The van der Waals surface area contributed by atoms with Gasteiger partial charge in [0.25, 0.3) is 0 Å². The van der Waals surface area contributed by atoms with Crippen molar-refractivity contribution in [3.63, 3.8) is 0 Å². The number of aliphatic carboxylic acids is 1. The van der Waals surface area contributed by atoms with Crippen molar-refractivity contribution in [3.8, 4) is 0 Å². The minimum absolute atomic E-state index is 0.0466. The zero-order chi connectivity index (χ0) is 12.7. The SMILES string of the molecule is Cc1ccc2ccc3nc(CC(=O)O)cn3c2c1. The van der Waals surface area contributed by atoms with Crippen LogP contribution < -0.4 is 0 Å². The van der Waals surface area contributed by atoms with E-state index in [0.717, 1.165) is 16.6 Å². The first-order valence-corrected chi connectivity index (χ1v) is 5.72. The van der Waals surface area contributed by atoms with Gasteiger partial charge in [-0.05, 0) is 36.1 Å². The summed E-state index contributed by atoms with van der Waals surface area (Å²) in [5, 5.41) is 9.92. The standard InChI is InChI=1S/C14H12N2O2/c1-9-2-3-10-4-5-13-15-11(7-14(17)18)8-16(13)12(10)6-9/h2-6,8H,7H2,1H3,(H,17,18). The summed E-state index contributed by atoms with van der Waals surface area (Å²) in [5.41, 5.74) is 3.58. The largest absolute Gasteiger partial charge is 0.481 e. The summed E-state index contributed by atoms with van der Waals surface area (Å²) in [7, 11) is 0. The minimum atomic E-state index is -0.862. The van der Waals surface area contributed by atoms with Crippen LogP contribution in [-0.4, -0.2) is 20.5 Å². The number of pyridine rings is 1. The fourth-order valence-corrected chi connectivity index (χ4v) is 2.16. The van der Waals surface area contributed by atoms with Crippen LogP contribution in [0.4, 0.5) is 0 Å². The Morgan fingerprint density at radius 2 is 2.11 bits per heavy atom. The maximum absolute atomic E-state index is 10.7. The highest BCUT2D eigenvalue weighted by Crippen LogP contribution is 2.19. The Bertz CT molecular complexity index is 759. The lowest BCUT2D eigenvalue weighted by molar-refractivity contribution is -0.136. The molecule has 0 aliphatic heterocycles. The number of nitrogens with zero attached hydrogens (tertiary/aromatic N) is 2. The van der Waals surface area contributed by atoms with Gasteiger partial charge in [0.15, 0.2) is 0 Å². The number of imidazole rings is 1. The predicted octanol–water partition coefficient (Wildman–Crippen LogP) is 2.42. The van der Waals surface area contributed by atoms with Gasteiger partial charge in [0.05, 0.1) is 17.6 Å². The lowest BCUT2D eigenvalue weighted by Gasteiger charge is -2.02. The molecular formula is C14H12N2O2. The Morgan fingerprint density at radius 1 is 1.33 bits per heavy atom. The van der Waals surface area contributed by atoms with Crippen LogP contribution >= 0.6 is 0 Å². The molecule has 0 unspecified atom stereocenters. The maximum atomic E-state index is 10.7. The van der Waals surface area contributed by atoms with Crippen LogP contribution in [0.15, 0.2) is 36.5 Å². The molecule has 0 spiro atoms. The summed E-state index contributed by atoms with van der Waals surface area (Å²) in [6.07, 6.45) is 1.75. The smallest absolute Gasteiger partial charge is 0.309 e. The maximum Gasteiger partial charge on any atom is 0.309 e. The normalized spacial score (nSPS) is 11.2. The molecule has 0 saturated carbocycles. The molecule has 0 fully saturated rings. The number of hydrogen-bond acceptors (Lipinski definition) is 2. The molecule has 2 aromatic heterocycles. The van der Waals surface area contributed by atoms with Gasteiger partial charge in [0, 0.05) is 6.20 Å². The molecule has 0 radical (unpaired) electrons. The molecule has 2 heterocycles. The molecule has 1 aromatic carbocycles. The monoisotopic (exact) mass is 240 g/mol. The van der Waals surface area contributed by atoms with Crippen molar-refractivity contribution in [3.05, 3.63) is 47.8 Å². The van der Waals surface area contributed by atoms with E-state index in [1.165, 1.54) is 5.56 Å². The van der Waals surface area contributed by atoms with Gasteiger partial charge in [-0.3, -0.25) is 9.20 Å². The average molecular weight is 240 g/mol. The summed E-state index contributed by atoms with van der Waals surface area (Å²) in [4.78, 5) is 15.0. The predicted molar refractivity (Wildman–Crippen MR) is 68.8 cm³/mol.